The molecular formula is C21H27N3O4S2. The number of aromatic nitrogens is 2. The van der Waals surface area contributed by atoms with Crippen LogP contribution >= 0.6 is 11.8 Å². The van der Waals surface area contributed by atoms with Gasteiger partial charge < -0.3 is 9.32 Å². The fourth-order valence-corrected chi connectivity index (χ4v) is 6.75. The summed E-state index contributed by atoms with van der Waals surface area (Å²) in [6.07, 6.45) is 4.26. The molecule has 0 aliphatic carbocycles. The predicted molar refractivity (Wildman–Crippen MR) is 115 cm³/mol. The Kier molecular flexibility index (Phi) is 6.77. The SMILES string of the molecule is O=C(CSc1nnc(C[C@H]2CCS(=O)(=O)C2)o1)N1CCC(Cc2ccccc2)CC1. The minimum Gasteiger partial charge on any atom is -0.416 e. The van der Waals surface area contributed by atoms with Crippen LogP contribution in [-0.4, -0.2) is 59.8 Å². The number of carbonyl (C=O) groups excluding carboxylic acids is 1. The van der Waals surface area contributed by atoms with Gasteiger partial charge >= 0.3 is 0 Å². The summed E-state index contributed by atoms with van der Waals surface area (Å²) in [4.78, 5) is 14.5. The molecule has 1 atom stereocenters. The Balaban J connectivity index is 1.19. The van der Waals surface area contributed by atoms with Crippen molar-refractivity contribution >= 4 is 27.5 Å². The summed E-state index contributed by atoms with van der Waals surface area (Å²) in [5.41, 5.74) is 1.36. The van der Waals surface area contributed by atoms with Crippen LogP contribution in [-0.2, 0) is 27.5 Å². The molecule has 0 bridgehead atoms. The molecule has 162 valence electrons. The molecule has 0 N–H and O–H groups in total. The van der Waals surface area contributed by atoms with Crippen molar-refractivity contribution in [3.8, 4) is 0 Å². The quantitative estimate of drug-likeness (QED) is 0.600. The zero-order valence-corrected chi connectivity index (χ0v) is 18.5. The predicted octanol–water partition coefficient (Wildman–Crippen LogP) is 2.62. The summed E-state index contributed by atoms with van der Waals surface area (Å²) >= 11 is 1.25. The van der Waals surface area contributed by atoms with E-state index in [0.717, 1.165) is 32.4 Å². The zero-order valence-electron chi connectivity index (χ0n) is 16.9. The largest absolute Gasteiger partial charge is 0.416 e. The summed E-state index contributed by atoms with van der Waals surface area (Å²) in [6, 6.07) is 10.5. The van der Waals surface area contributed by atoms with Crippen LogP contribution in [0.25, 0.3) is 0 Å². The lowest BCUT2D eigenvalue weighted by molar-refractivity contribution is -0.129. The maximum Gasteiger partial charge on any atom is 0.277 e. The molecule has 4 rings (SSSR count). The first-order chi connectivity index (χ1) is 14.5. The maximum absolute atomic E-state index is 12.5. The highest BCUT2D eigenvalue weighted by atomic mass is 32.2. The number of hydrogen-bond donors (Lipinski definition) is 0. The molecule has 1 aromatic carbocycles. The van der Waals surface area contributed by atoms with Crippen molar-refractivity contribution < 1.29 is 17.6 Å². The summed E-state index contributed by atoms with van der Waals surface area (Å²) in [5.74, 6) is 1.94. The van der Waals surface area contributed by atoms with Gasteiger partial charge in [-0.25, -0.2) is 8.42 Å². The van der Waals surface area contributed by atoms with E-state index in [-0.39, 0.29) is 29.1 Å². The maximum atomic E-state index is 12.5. The van der Waals surface area contributed by atoms with E-state index in [1.807, 2.05) is 11.0 Å². The fourth-order valence-electron chi connectivity index (χ4n) is 4.21. The first-order valence-electron chi connectivity index (χ1n) is 10.4. The van der Waals surface area contributed by atoms with Crippen LogP contribution < -0.4 is 0 Å². The summed E-state index contributed by atoms with van der Waals surface area (Å²) < 4.78 is 28.7. The van der Waals surface area contributed by atoms with Crippen LogP contribution in [0.4, 0.5) is 0 Å². The van der Waals surface area contributed by atoms with Gasteiger partial charge in [-0.3, -0.25) is 4.79 Å². The van der Waals surface area contributed by atoms with Gasteiger partial charge in [0.1, 0.15) is 0 Å². The number of piperidine rings is 1. The van der Waals surface area contributed by atoms with Gasteiger partial charge in [-0.05, 0) is 43.1 Å². The Morgan fingerprint density at radius 1 is 1.07 bits per heavy atom. The van der Waals surface area contributed by atoms with Crippen molar-refractivity contribution in [2.45, 2.75) is 37.3 Å². The Morgan fingerprint density at radius 3 is 2.53 bits per heavy atom. The van der Waals surface area contributed by atoms with Crippen molar-refractivity contribution in [2.24, 2.45) is 11.8 Å². The van der Waals surface area contributed by atoms with Crippen LogP contribution in [0.5, 0.6) is 0 Å². The average Bonchev–Trinajstić information content (AvgIpc) is 3.33. The molecule has 0 unspecified atom stereocenters. The van der Waals surface area contributed by atoms with E-state index in [1.54, 1.807) is 0 Å². The molecule has 0 spiro atoms. The minimum absolute atomic E-state index is 0.0483. The highest BCUT2D eigenvalue weighted by molar-refractivity contribution is 7.99. The molecule has 2 aromatic rings. The van der Waals surface area contributed by atoms with Crippen molar-refractivity contribution in [3.05, 3.63) is 41.8 Å². The second-order valence-electron chi connectivity index (χ2n) is 8.24. The van der Waals surface area contributed by atoms with Gasteiger partial charge in [0.05, 0.1) is 17.3 Å². The van der Waals surface area contributed by atoms with Gasteiger partial charge in [0.25, 0.3) is 5.22 Å². The third-order valence-electron chi connectivity index (χ3n) is 5.89. The van der Waals surface area contributed by atoms with Crippen LogP contribution in [0.15, 0.2) is 40.0 Å². The highest BCUT2D eigenvalue weighted by Gasteiger charge is 2.29. The van der Waals surface area contributed by atoms with Crippen molar-refractivity contribution in [1.29, 1.82) is 0 Å². The van der Waals surface area contributed by atoms with Crippen LogP contribution in [0.3, 0.4) is 0 Å². The lowest BCUT2D eigenvalue weighted by atomic mass is 9.90. The monoisotopic (exact) mass is 449 g/mol. The number of hydrogen-bond acceptors (Lipinski definition) is 7. The van der Waals surface area contributed by atoms with Gasteiger partial charge in [0.15, 0.2) is 9.84 Å². The molecule has 2 aliphatic heterocycles. The van der Waals surface area contributed by atoms with Gasteiger partial charge in [0.2, 0.25) is 11.8 Å². The second-order valence-corrected chi connectivity index (χ2v) is 11.4. The number of nitrogens with zero attached hydrogens (tertiary/aromatic N) is 3. The van der Waals surface area contributed by atoms with E-state index in [2.05, 4.69) is 34.5 Å². The Labute approximate surface area is 181 Å². The lowest BCUT2D eigenvalue weighted by Gasteiger charge is -2.32. The molecule has 0 radical (unpaired) electrons. The molecular weight excluding hydrogens is 422 g/mol. The number of thioether (sulfide) groups is 1. The van der Waals surface area contributed by atoms with Crippen LogP contribution in [0.2, 0.25) is 0 Å². The van der Waals surface area contributed by atoms with E-state index in [9.17, 15) is 13.2 Å². The fraction of sp³-hybridized carbons (Fsp3) is 0.571. The van der Waals surface area contributed by atoms with Crippen molar-refractivity contribution in [3.63, 3.8) is 0 Å². The topological polar surface area (TPSA) is 93.4 Å². The smallest absolute Gasteiger partial charge is 0.277 e. The molecule has 7 nitrogen and oxygen atoms in total. The minimum atomic E-state index is -2.91. The number of rotatable bonds is 7. The Bertz CT molecular complexity index is 954. The van der Waals surface area contributed by atoms with E-state index >= 15 is 0 Å². The second kappa shape index (κ2) is 9.51. The van der Waals surface area contributed by atoms with Gasteiger partial charge in [-0.2, -0.15) is 0 Å². The van der Waals surface area contributed by atoms with Crippen LogP contribution in [0.1, 0.15) is 30.7 Å². The summed E-state index contributed by atoms with van der Waals surface area (Å²) in [7, 11) is -2.91. The standard InChI is InChI=1S/C21H27N3O4S2/c25-20(24-9-6-17(7-10-24)12-16-4-2-1-3-5-16)14-29-21-23-22-19(28-21)13-18-8-11-30(26,27)15-18/h1-5,17-18H,6-15H2/t18-/m1/s1. The number of sulfone groups is 1. The molecule has 9 heteroatoms. The Hall–Kier alpha value is -1.87. The molecule has 0 saturated carbocycles. The molecule has 3 heterocycles. The third kappa shape index (κ3) is 5.85. The lowest BCUT2D eigenvalue weighted by Crippen LogP contribution is -2.39. The summed E-state index contributed by atoms with van der Waals surface area (Å²) in [5, 5.41) is 8.38. The first-order valence-corrected chi connectivity index (χ1v) is 13.2. The number of carbonyl (C=O) groups is 1. The Morgan fingerprint density at radius 2 is 1.83 bits per heavy atom. The molecule has 1 aromatic heterocycles. The molecule has 2 fully saturated rings. The highest BCUT2D eigenvalue weighted by Crippen LogP contribution is 2.25. The van der Waals surface area contributed by atoms with Gasteiger partial charge in [-0.15, -0.1) is 10.2 Å². The van der Waals surface area contributed by atoms with E-state index in [1.165, 1.54) is 17.3 Å². The average molecular weight is 450 g/mol. The normalized spacial score (nSPS) is 21.7. The summed E-state index contributed by atoms with van der Waals surface area (Å²) in [6.45, 7) is 1.59. The molecule has 2 aliphatic rings. The van der Waals surface area contributed by atoms with Gasteiger partial charge in [0, 0.05) is 19.5 Å². The number of amides is 1. The molecule has 2 saturated heterocycles. The van der Waals surface area contributed by atoms with Crippen molar-refractivity contribution in [1.82, 2.24) is 15.1 Å². The first kappa shape index (κ1) is 21.4. The van der Waals surface area contributed by atoms with E-state index in [4.69, 9.17) is 4.42 Å². The van der Waals surface area contributed by atoms with E-state index < -0.39 is 9.84 Å². The van der Waals surface area contributed by atoms with Crippen molar-refractivity contribution in [2.75, 3.05) is 30.3 Å². The molecule has 30 heavy (non-hydrogen) atoms. The number of benzene rings is 1. The van der Waals surface area contributed by atoms with Crippen LogP contribution in [0, 0.1) is 11.8 Å². The zero-order chi connectivity index (χ0) is 21.0. The molecule has 1 amide bonds. The van der Waals surface area contributed by atoms with E-state index in [0.29, 0.717) is 29.9 Å². The number of likely N-dealkylation sites (tertiary alicyclic amines) is 1. The van der Waals surface area contributed by atoms with Gasteiger partial charge in [-0.1, -0.05) is 42.1 Å². The third-order valence-corrected chi connectivity index (χ3v) is 8.53.